The minimum atomic E-state index is 0.815. The third-order valence-corrected chi connectivity index (χ3v) is 18.3. The van der Waals surface area contributed by atoms with Crippen molar-refractivity contribution in [3.63, 3.8) is 0 Å². The Labute approximate surface area is 546 Å². The van der Waals surface area contributed by atoms with Crippen molar-refractivity contribution in [2.75, 3.05) is 9.80 Å². The van der Waals surface area contributed by atoms with Gasteiger partial charge in [-0.15, -0.1) is 0 Å². The van der Waals surface area contributed by atoms with Crippen molar-refractivity contribution in [1.29, 1.82) is 0 Å². The van der Waals surface area contributed by atoms with Crippen LogP contribution in [-0.4, -0.2) is 0 Å². The minimum Gasteiger partial charge on any atom is -0.456 e. The highest BCUT2D eigenvalue weighted by Gasteiger charge is 2.25. The lowest BCUT2D eigenvalue weighted by molar-refractivity contribution is 0.668. The molecule has 94 heavy (non-hydrogen) atoms. The third-order valence-electron chi connectivity index (χ3n) is 18.3. The van der Waals surface area contributed by atoms with E-state index < -0.39 is 0 Å². The summed E-state index contributed by atoms with van der Waals surface area (Å²) in [5.74, 6) is 0. The van der Waals surface area contributed by atoms with Gasteiger partial charge in [-0.3, -0.25) is 0 Å². The van der Waals surface area contributed by atoms with Crippen LogP contribution < -0.4 is 9.80 Å². The van der Waals surface area contributed by atoms with Crippen LogP contribution in [0.25, 0.3) is 133 Å². The van der Waals surface area contributed by atoms with E-state index >= 15 is 0 Å². The van der Waals surface area contributed by atoms with Gasteiger partial charge in [0.1, 0.15) is 22.3 Å². The molecule has 0 aliphatic carbocycles. The van der Waals surface area contributed by atoms with Crippen LogP contribution in [0.3, 0.4) is 0 Å². The van der Waals surface area contributed by atoms with Crippen molar-refractivity contribution >= 4 is 78.0 Å². The summed E-state index contributed by atoms with van der Waals surface area (Å²) < 4.78 is 13.5. The van der Waals surface area contributed by atoms with Gasteiger partial charge in [0.15, 0.2) is 0 Å². The van der Waals surface area contributed by atoms with Crippen LogP contribution in [-0.2, 0) is 0 Å². The number of para-hydroxylation sites is 2. The van der Waals surface area contributed by atoms with E-state index in [2.05, 4.69) is 362 Å². The molecule has 0 saturated carbocycles. The second kappa shape index (κ2) is 24.0. The summed E-state index contributed by atoms with van der Waals surface area (Å²) in [5, 5.41) is 4.35. The lowest BCUT2D eigenvalue weighted by Crippen LogP contribution is -2.12. The van der Waals surface area contributed by atoms with Gasteiger partial charge < -0.3 is 18.6 Å². The number of benzene rings is 15. The normalized spacial score (nSPS) is 11.4. The van der Waals surface area contributed by atoms with Crippen molar-refractivity contribution in [3.05, 3.63) is 364 Å². The average Bonchev–Trinajstić information content (AvgIpc) is 1.49. The van der Waals surface area contributed by atoms with Gasteiger partial charge in [-0.1, -0.05) is 267 Å². The molecule has 15 aromatic carbocycles. The highest BCUT2D eigenvalue weighted by atomic mass is 16.3. The average molecular weight is 1200 g/mol. The smallest absolute Gasteiger partial charge is 0.137 e. The summed E-state index contributed by atoms with van der Waals surface area (Å²) in [7, 11) is 0. The molecule has 17 rings (SSSR count). The highest BCUT2D eigenvalue weighted by molar-refractivity contribution is 6.11. The van der Waals surface area contributed by atoms with E-state index in [1.165, 1.54) is 16.7 Å². The zero-order valence-corrected chi connectivity index (χ0v) is 51.4. The molecule has 0 radical (unpaired) electrons. The Bertz CT molecular complexity index is 5550. The maximum absolute atomic E-state index is 7.03. The van der Waals surface area contributed by atoms with Crippen LogP contribution >= 0.6 is 0 Å². The second-order valence-corrected chi connectivity index (χ2v) is 24.0. The quantitative estimate of drug-likeness (QED) is 0.109. The molecule has 2 heterocycles. The first-order valence-corrected chi connectivity index (χ1v) is 32.0. The molecule has 0 atom stereocenters. The fourth-order valence-corrected chi connectivity index (χ4v) is 13.6. The van der Waals surface area contributed by atoms with E-state index in [1.807, 2.05) is 12.1 Å². The first kappa shape index (κ1) is 55.6. The minimum absolute atomic E-state index is 0.815. The molecule has 0 saturated heterocycles. The van der Waals surface area contributed by atoms with Crippen LogP contribution in [0.5, 0.6) is 0 Å². The summed E-state index contributed by atoms with van der Waals surface area (Å²) in [6, 6.07) is 131. The molecule has 4 nitrogen and oxygen atoms in total. The number of fused-ring (bicyclic) bond motifs is 6. The summed E-state index contributed by atoms with van der Waals surface area (Å²) in [4.78, 5) is 4.76. The summed E-state index contributed by atoms with van der Waals surface area (Å²) in [5.41, 5.74) is 27.8. The van der Waals surface area contributed by atoms with Crippen molar-refractivity contribution in [1.82, 2.24) is 0 Å². The Kier molecular flexibility index (Phi) is 14.2. The van der Waals surface area contributed by atoms with E-state index in [0.717, 1.165) is 150 Å². The van der Waals surface area contributed by atoms with Crippen molar-refractivity contribution in [2.45, 2.75) is 0 Å². The van der Waals surface area contributed by atoms with Crippen LogP contribution in [0.4, 0.5) is 34.1 Å². The first-order chi connectivity index (χ1) is 46.6. The standard InChI is InChI=1S/C90H60N2O2/c1-6-21-61(22-7-1)63-41-48-73(49-42-63)91(74-52-45-70(46-53-74)81-59-89-83(78-34-17-19-36-87(78)93-89)57-80(81)68-27-12-4-13-28-68)76-32-20-31-71(55-76)65-37-39-66(40-38-65)72-47-54-79-84-58-82(69-29-14-5-15-30-69)86(60-90(84)94-88(79)56-72)92(75-50-43-64(44-51-75)62-23-8-2-9-24-62)85-35-18-16-33-77(85)67-25-10-3-11-26-67/h1-60H. The fraction of sp³-hybridized carbons (Fsp3) is 0. The van der Waals surface area contributed by atoms with E-state index in [0.29, 0.717) is 0 Å². The summed E-state index contributed by atoms with van der Waals surface area (Å²) >= 11 is 0. The molecular weight excluding hydrogens is 1140 g/mol. The molecule has 2 aromatic heterocycles. The molecule has 0 bridgehead atoms. The number of hydrogen-bond acceptors (Lipinski definition) is 4. The van der Waals surface area contributed by atoms with Crippen molar-refractivity contribution in [3.8, 4) is 89.0 Å². The first-order valence-electron chi connectivity index (χ1n) is 32.0. The predicted molar refractivity (Wildman–Crippen MR) is 394 cm³/mol. The predicted octanol–water partition coefficient (Wildman–Crippen LogP) is 25.8. The molecule has 17 aromatic rings. The number of anilines is 6. The van der Waals surface area contributed by atoms with Gasteiger partial charge >= 0.3 is 0 Å². The second-order valence-electron chi connectivity index (χ2n) is 24.0. The zero-order valence-electron chi connectivity index (χ0n) is 51.4. The monoisotopic (exact) mass is 1200 g/mol. The SMILES string of the molecule is c1ccc(-c2ccc(N(c3ccc(-c4cc5oc6ccccc6c5cc4-c4ccccc4)cc3)c3cccc(-c4ccc(-c5ccc6c(c5)oc5cc(N(c7ccc(-c8ccccc8)cc7)c7ccccc7-c7ccccc7)c(-c7ccccc7)cc56)cc4)c3)cc2)cc1. The van der Waals surface area contributed by atoms with Gasteiger partial charge in [-0.2, -0.15) is 0 Å². The molecule has 442 valence electrons. The Morgan fingerprint density at radius 3 is 1.12 bits per heavy atom. The van der Waals surface area contributed by atoms with Gasteiger partial charge in [-0.25, -0.2) is 0 Å². The van der Waals surface area contributed by atoms with E-state index in [9.17, 15) is 0 Å². The molecule has 4 heteroatoms. The van der Waals surface area contributed by atoms with Crippen molar-refractivity contribution < 1.29 is 8.83 Å². The number of nitrogens with zero attached hydrogens (tertiary/aromatic N) is 2. The Balaban J connectivity index is 0.722. The van der Waals surface area contributed by atoms with Crippen molar-refractivity contribution in [2.24, 2.45) is 0 Å². The van der Waals surface area contributed by atoms with E-state index in [1.54, 1.807) is 0 Å². The lowest BCUT2D eigenvalue weighted by atomic mass is 9.92. The van der Waals surface area contributed by atoms with Crippen LogP contribution in [0.1, 0.15) is 0 Å². The number of rotatable bonds is 14. The molecular formula is C90H60N2O2. The van der Waals surface area contributed by atoms with E-state index in [-0.39, 0.29) is 0 Å². The molecule has 0 aliphatic heterocycles. The molecule has 0 aliphatic rings. The summed E-state index contributed by atoms with van der Waals surface area (Å²) in [6.07, 6.45) is 0. The van der Waals surface area contributed by atoms with Gasteiger partial charge in [0, 0.05) is 61.5 Å². The Hall–Kier alpha value is -12.5. The fourth-order valence-electron chi connectivity index (χ4n) is 13.6. The molecule has 0 amide bonds. The highest BCUT2D eigenvalue weighted by Crippen LogP contribution is 2.49. The zero-order chi connectivity index (χ0) is 62.3. The molecule has 0 fully saturated rings. The van der Waals surface area contributed by atoms with Crippen LogP contribution in [0, 0.1) is 0 Å². The maximum atomic E-state index is 7.03. The lowest BCUT2D eigenvalue weighted by Gasteiger charge is -2.30. The summed E-state index contributed by atoms with van der Waals surface area (Å²) in [6.45, 7) is 0. The topological polar surface area (TPSA) is 32.8 Å². The van der Waals surface area contributed by atoms with Crippen LogP contribution in [0.15, 0.2) is 373 Å². The molecule has 0 unspecified atom stereocenters. The Morgan fingerprint density at radius 1 is 0.160 bits per heavy atom. The Morgan fingerprint density at radius 2 is 0.521 bits per heavy atom. The molecule has 0 spiro atoms. The van der Waals surface area contributed by atoms with Gasteiger partial charge in [0.2, 0.25) is 0 Å². The number of furan rings is 2. The maximum Gasteiger partial charge on any atom is 0.137 e. The number of hydrogen-bond donors (Lipinski definition) is 0. The van der Waals surface area contributed by atoms with Gasteiger partial charge in [0.25, 0.3) is 0 Å². The molecule has 0 N–H and O–H groups in total. The van der Waals surface area contributed by atoms with E-state index in [4.69, 9.17) is 8.83 Å². The van der Waals surface area contributed by atoms with Gasteiger partial charge in [-0.05, 0) is 169 Å². The third kappa shape index (κ3) is 10.5. The van der Waals surface area contributed by atoms with Gasteiger partial charge in [0.05, 0.1) is 11.4 Å². The van der Waals surface area contributed by atoms with Crippen LogP contribution in [0.2, 0.25) is 0 Å². The largest absolute Gasteiger partial charge is 0.456 e.